The lowest BCUT2D eigenvalue weighted by atomic mass is 9.96. The van der Waals surface area contributed by atoms with Gasteiger partial charge < -0.3 is 14.8 Å². The minimum absolute atomic E-state index is 0.405. The van der Waals surface area contributed by atoms with Gasteiger partial charge in [0.15, 0.2) is 5.60 Å². The molecule has 1 N–H and O–H groups in total. The van der Waals surface area contributed by atoms with Crippen LogP contribution >= 0.6 is 12.2 Å². The molecule has 120 valence electrons. The van der Waals surface area contributed by atoms with Gasteiger partial charge in [-0.1, -0.05) is 24.4 Å². The largest absolute Gasteiger partial charge is 0.380 e. The summed E-state index contributed by atoms with van der Waals surface area (Å²) in [6, 6.07) is 5.79. The number of nitrogens with zero attached hydrogens (tertiary/aromatic N) is 2. The smallest absolute Gasteiger partial charge is 0.172 e. The Balaban J connectivity index is 2.34. The van der Waals surface area contributed by atoms with E-state index >= 15 is 0 Å². The number of likely N-dealkylation sites (N-methyl/N-ethyl adjacent to an activating group) is 1. The van der Waals surface area contributed by atoms with E-state index in [1.165, 1.54) is 0 Å². The van der Waals surface area contributed by atoms with Gasteiger partial charge in [0.25, 0.3) is 0 Å². The Morgan fingerprint density at radius 3 is 2.91 bits per heavy atom. The lowest BCUT2D eigenvalue weighted by Gasteiger charge is -2.39. The number of aromatic nitrogens is 1. The first-order valence-corrected chi connectivity index (χ1v) is 7.82. The zero-order valence-corrected chi connectivity index (χ0v) is 13.8. The van der Waals surface area contributed by atoms with Crippen molar-refractivity contribution in [1.82, 2.24) is 15.2 Å². The highest BCUT2D eigenvalue weighted by atomic mass is 32.1. The first-order valence-electron chi connectivity index (χ1n) is 7.41. The minimum atomic E-state index is -0.781. The van der Waals surface area contributed by atoms with Gasteiger partial charge in [-0.3, -0.25) is 9.88 Å². The van der Waals surface area contributed by atoms with E-state index in [9.17, 15) is 0 Å². The van der Waals surface area contributed by atoms with Crippen LogP contribution in [0.1, 0.15) is 5.69 Å². The van der Waals surface area contributed by atoms with Gasteiger partial charge in [-0.25, -0.2) is 0 Å². The van der Waals surface area contributed by atoms with E-state index in [1.807, 2.05) is 25.2 Å². The molecule has 0 aliphatic carbocycles. The molecule has 1 aliphatic rings. The molecular weight excluding hydrogens is 298 g/mol. The fourth-order valence-corrected chi connectivity index (χ4v) is 2.76. The van der Waals surface area contributed by atoms with E-state index in [0.29, 0.717) is 18.1 Å². The predicted molar refractivity (Wildman–Crippen MR) is 91.0 cm³/mol. The monoisotopic (exact) mass is 321 g/mol. The number of nitrogens with one attached hydrogen (secondary N) is 1. The van der Waals surface area contributed by atoms with Crippen LogP contribution in [0.3, 0.4) is 0 Å². The van der Waals surface area contributed by atoms with Crippen LogP contribution in [-0.2, 0) is 15.1 Å². The minimum Gasteiger partial charge on any atom is -0.380 e. The maximum absolute atomic E-state index is 6.15. The number of thiocarbonyl (C=S) groups is 1. The molecule has 0 bridgehead atoms. The maximum atomic E-state index is 6.15. The average molecular weight is 321 g/mol. The summed E-state index contributed by atoms with van der Waals surface area (Å²) in [6.45, 7) is 7.97. The molecule has 0 saturated carbocycles. The summed E-state index contributed by atoms with van der Waals surface area (Å²) in [5.74, 6) is 0. The zero-order chi connectivity index (χ0) is 15.8. The highest BCUT2D eigenvalue weighted by molar-refractivity contribution is 7.80. The van der Waals surface area contributed by atoms with E-state index in [1.54, 1.807) is 12.3 Å². The van der Waals surface area contributed by atoms with Crippen molar-refractivity contribution in [3.8, 4) is 0 Å². The van der Waals surface area contributed by atoms with E-state index in [2.05, 4.69) is 21.8 Å². The Morgan fingerprint density at radius 1 is 1.55 bits per heavy atom. The van der Waals surface area contributed by atoms with E-state index in [4.69, 9.17) is 21.7 Å². The molecule has 0 aromatic carbocycles. The second-order valence-corrected chi connectivity index (χ2v) is 5.52. The summed E-state index contributed by atoms with van der Waals surface area (Å²) >= 11 is 5.58. The van der Waals surface area contributed by atoms with Crippen molar-refractivity contribution in [2.45, 2.75) is 5.60 Å². The number of ether oxygens (including phenoxy) is 2. The average Bonchev–Trinajstić information content (AvgIpc) is 2.59. The molecule has 0 spiro atoms. The number of rotatable bonds is 7. The first-order chi connectivity index (χ1) is 10.7. The van der Waals surface area contributed by atoms with Crippen molar-refractivity contribution in [2.24, 2.45) is 0 Å². The first kappa shape index (κ1) is 17.0. The topological polar surface area (TPSA) is 46.6 Å². The Hall–Kier alpha value is -1.34. The normalized spacial score (nSPS) is 18.4. The molecule has 1 saturated heterocycles. The van der Waals surface area contributed by atoms with Crippen LogP contribution < -0.4 is 5.32 Å². The maximum Gasteiger partial charge on any atom is 0.172 e. The van der Waals surface area contributed by atoms with E-state index in [-0.39, 0.29) is 0 Å². The molecule has 0 radical (unpaired) electrons. The van der Waals surface area contributed by atoms with E-state index in [0.717, 1.165) is 32.0 Å². The van der Waals surface area contributed by atoms with Crippen LogP contribution in [0.2, 0.25) is 0 Å². The van der Waals surface area contributed by atoms with Crippen molar-refractivity contribution >= 4 is 17.2 Å². The predicted octanol–water partition coefficient (Wildman–Crippen LogP) is 1.36. The number of morpholine rings is 1. The van der Waals surface area contributed by atoms with Crippen LogP contribution in [0.15, 0.2) is 37.1 Å². The van der Waals surface area contributed by atoms with Gasteiger partial charge in [0.2, 0.25) is 0 Å². The molecule has 0 amide bonds. The molecule has 1 aliphatic heterocycles. The highest BCUT2D eigenvalue weighted by Crippen LogP contribution is 2.27. The van der Waals surface area contributed by atoms with Gasteiger partial charge in [0.05, 0.1) is 25.5 Å². The molecular formula is C16H23N3O2S. The van der Waals surface area contributed by atoms with Gasteiger partial charge in [-0.2, -0.15) is 0 Å². The van der Waals surface area contributed by atoms with Gasteiger partial charge in [0.1, 0.15) is 4.99 Å². The van der Waals surface area contributed by atoms with Gasteiger partial charge in [-0.05, 0) is 12.1 Å². The van der Waals surface area contributed by atoms with Crippen molar-refractivity contribution in [3.63, 3.8) is 0 Å². The molecule has 5 nitrogen and oxygen atoms in total. The molecule has 2 rings (SSSR count). The Morgan fingerprint density at radius 2 is 2.32 bits per heavy atom. The molecule has 2 heterocycles. The summed E-state index contributed by atoms with van der Waals surface area (Å²) in [5.41, 5.74) is 0.0272. The fourth-order valence-electron chi connectivity index (χ4n) is 2.53. The Bertz CT molecular complexity index is 491. The standard InChI is InChI=1S/C16H23N3O2S/c1-3-10-21-16(15(22)17-2,14-6-4-5-7-18-14)13-19-8-11-20-12-9-19/h3-7H,1,8-13H2,2H3,(H,17,22). The van der Waals surface area contributed by atoms with Crippen LogP contribution in [0.25, 0.3) is 0 Å². The molecule has 1 aromatic heterocycles. The van der Waals surface area contributed by atoms with Crippen molar-refractivity contribution in [1.29, 1.82) is 0 Å². The van der Waals surface area contributed by atoms with Gasteiger partial charge in [-0.15, -0.1) is 6.58 Å². The third kappa shape index (κ3) is 3.89. The second-order valence-electron chi connectivity index (χ2n) is 5.11. The van der Waals surface area contributed by atoms with Gasteiger partial charge >= 0.3 is 0 Å². The molecule has 1 aromatic rings. The molecule has 6 heteroatoms. The lowest BCUT2D eigenvalue weighted by molar-refractivity contribution is -0.0370. The Kier molecular flexibility index (Phi) is 6.45. The van der Waals surface area contributed by atoms with E-state index < -0.39 is 5.60 Å². The van der Waals surface area contributed by atoms with Crippen molar-refractivity contribution in [2.75, 3.05) is 46.5 Å². The van der Waals surface area contributed by atoms with Crippen molar-refractivity contribution in [3.05, 3.63) is 42.7 Å². The molecule has 1 unspecified atom stereocenters. The third-order valence-corrected chi connectivity index (χ3v) is 4.20. The lowest BCUT2D eigenvalue weighted by Crippen LogP contribution is -2.54. The highest BCUT2D eigenvalue weighted by Gasteiger charge is 2.41. The van der Waals surface area contributed by atoms with Crippen LogP contribution in [-0.4, -0.2) is 61.4 Å². The van der Waals surface area contributed by atoms with Crippen LogP contribution in [0, 0.1) is 0 Å². The number of hydrogen-bond acceptors (Lipinski definition) is 5. The van der Waals surface area contributed by atoms with Gasteiger partial charge in [0, 0.05) is 32.9 Å². The SMILES string of the molecule is C=CCOC(CN1CCOCC1)(C(=S)NC)c1ccccn1. The fraction of sp³-hybridized carbons (Fsp3) is 0.500. The van der Waals surface area contributed by atoms with Crippen LogP contribution in [0.5, 0.6) is 0 Å². The molecule has 22 heavy (non-hydrogen) atoms. The summed E-state index contributed by atoms with van der Waals surface area (Å²) in [7, 11) is 1.82. The number of hydrogen-bond donors (Lipinski definition) is 1. The number of pyridine rings is 1. The quantitative estimate of drug-likeness (QED) is 0.604. The zero-order valence-electron chi connectivity index (χ0n) is 13.0. The third-order valence-electron chi connectivity index (χ3n) is 3.67. The summed E-state index contributed by atoms with van der Waals surface area (Å²) in [5, 5.41) is 3.08. The molecule has 1 atom stereocenters. The van der Waals surface area contributed by atoms with Crippen molar-refractivity contribution < 1.29 is 9.47 Å². The molecule has 1 fully saturated rings. The Labute approximate surface area is 137 Å². The summed E-state index contributed by atoms with van der Waals surface area (Å²) < 4.78 is 11.6. The second kappa shape index (κ2) is 8.33. The van der Waals surface area contributed by atoms with Crippen LogP contribution in [0.4, 0.5) is 0 Å². The summed E-state index contributed by atoms with van der Waals surface area (Å²) in [4.78, 5) is 7.42. The summed E-state index contributed by atoms with van der Waals surface area (Å²) in [6.07, 6.45) is 3.49.